The maximum Gasteiger partial charge on any atom is 0.490 e. The van der Waals surface area contributed by atoms with E-state index in [1.807, 2.05) is 18.5 Å². The van der Waals surface area contributed by atoms with E-state index in [0.29, 0.717) is 24.5 Å². The zero-order chi connectivity index (χ0) is 22.3. The molecule has 3 atom stereocenters. The average Bonchev–Trinajstić information content (AvgIpc) is 3.47. The topological polar surface area (TPSA) is 80.7 Å². The van der Waals surface area contributed by atoms with Crippen LogP contribution in [0.2, 0.25) is 0 Å². The van der Waals surface area contributed by atoms with Crippen molar-refractivity contribution < 1.29 is 32.5 Å². The maximum absolute atomic E-state index is 10.6. The van der Waals surface area contributed by atoms with Crippen molar-refractivity contribution in [3.63, 3.8) is 0 Å². The van der Waals surface area contributed by atoms with Crippen LogP contribution in [0.25, 0.3) is 0 Å². The van der Waals surface area contributed by atoms with Gasteiger partial charge in [-0.2, -0.15) is 13.2 Å². The summed E-state index contributed by atoms with van der Waals surface area (Å²) in [7, 11) is 0. The highest BCUT2D eigenvalue weighted by molar-refractivity contribution is 5.73. The van der Waals surface area contributed by atoms with E-state index >= 15 is 0 Å². The largest absolute Gasteiger partial charge is 0.490 e. The zero-order valence-electron chi connectivity index (χ0n) is 16.8. The number of rotatable bonds is 8. The third-order valence-corrected chi connectivity index (χ3v) is 5.15. The van der Waals surface area contributed by atoms with E-state index in [-0.39, 0.29) is 0 Å². The van der Waals surface area contributed by atoms with Crippen LogP contribution in [0.1, 0.15) is 29.9 Å². The van der Waals surface area contributed by atoms with E-state index in [1.54, 1.807) is 0 Å². The Morgan fingerprint density at radius 2 is 1.90 bits per heavy atom. The number of nitrogens with one attached hydrogen (secondary N) is 1. The first kappa shape index (κ1) is 23.0. The summed E-state index contributed by atoms with van der Waals surface area (Å²) >= 11 is 0. The fourth-order valence-corrected chi connectivity index (χ4v) is 3.15. The smallest absolute Gasteiger partial charge is 0.490 e. The summed E-state index contributed by atoms with van der Waals surface area (Å²) in [6, 6.07) is 13.0. The maximum atomic E-state index is 10.6. The molecular weight excluding hydrogens is 413 g/mol. The number of ether oxygens (including phenoxy) is 2. The zero-order valence-corrected chi connectivity index (χ0v) is 16.8. The molecule has 0 unspecified atom stereocenters. The summed E-state index contributed by atoms with van der Waals surface area (Å²) in [6.45, 7) is 3.36. The third-order valence-electron chi connectivity index (χ3n) is 5.15. The molecule has 1 aromatic heterocycles. The van der Waals surface area contributed by atoms with Crippen LogP contribution in [-0.2, 0) is 16.1 Å². The number of carbonyl (C=O) groups is 1. The summed E-state index contributed by atoms with van der Waals surface area (Å²) in [6.07, 6.45) is 1.09. The molecule has 2 aromatic rings. The summed E-state index contributed by atoms with van der Waals surface area (Å²) in [4.78, 5) is 13.2. The first-order chi connectivity index (χ1) is 14.8. The number of aliphatic carboxylic acids is 1. The normalized spacial score (nSPS) is 22.0. The highest BCUT2D eigenvalue weighted by Gasteiger charge is 2.39. The van der Waals surface area contributed by atoms with Gasteiger partial charge in [-0.3, -0.25) is 4.98 Å². The minimum absolute atomic E-state index is 0.508. The Bertz CT molecular complexity index is 844. The van der Waals surface area contributed by atoms with Gasteiger partial charge in [0.25, 0.3) is 0 Å². The Morgan fingerprint density at radius 1 is 1.19 bits per heavy atom. The number of nitrogens with zero attached hydrogens (tertiary/aromatic N) is 1. The van der Waals surface area contributed by atoms with Crippen LogP contribution < -0.4 is 10.1 Å². The standard InChI is InChI=1S/C20H24N2O2.C2HF3O2/c1-2-4-15(5-3-1)12-23-13-17-9-20(17)16-8-19(11-21-10-16)24-14-18-6-7-22-18;3-2(4,5)1(6)7/h1-5,8,10-11,17-18,20,22H,6-7,9,12-14H2;(H,6,7)/t17-,18+,20-;/m1./s1. The minimum atomic E-state index is -5.08. The van der Waals surface area contributed by atoms with Gasteiger partial charge in [-0.15, -0.1) is 0 Å². The summed E-state index contributed by atoms with van der Waals surface area (Å²) in [5.41, 5.74) is 2.51. The molecule has 0 spiro atoms. The molecule has 2 N–H and O–H groups in total. The molecule has 0 bridgehead atoms. The van der Waals surface area contributed by atoms with Gasteiger partial charge in [0, 0.05) is 12.2 Å². The first-order valence-corrected chi connectivity index (χ1v) is 10.1. The Kier molecular flexibility index (Phi) is 7.86. The number of carboxylic acid groups (broad SMARTS) is 1. The lowest BCUT2D eigenvalue weighted by Gasteiger charge is -2.27. The van der Waals surface area contributed by atoms with Gasteiger partial charge >= 0.3 is 12.1 Å². The van der Waals surface area contributed by atoms with Crippen LogP contribution in [0.15, 0.2) is 48.8 Å². The molecule has 1 saturated heterocycles. The molecule has 2 heterocycles. The quantitative estimate of drug-likeness (QED) is 0.653. The number of hydrogen-bond donors (Lipinski definition) is 2. The molecule has 1 saturated carbocycles. The Morgan fingerprint density at radius 3 is 2.52 bits per heavy atom. The van der Waals surface area contributed by atoms with Crippen molar-refractivity contribution in [3.05, 3.63) is 59.9 Å². The van der Waals surface area contributed by atoms with Crippen LogP contribution in [0.3, 0.4) is 0 Å². The second-order valence-corrected chi connectivity index (χ2v) is 7.61. The van der Waals surface area contributed by atoms with Crippen molar-refractivity contribution in [3.8, 4) is 5.75 Å². The number of alkyl halides is 3. The van der Waals surface area contributed by atoms with Crippen molar-refractivity contribution in [2.24, 2.45) is 5.92 Å². The van der Waals surface area contributed by atoms with Crippen molar-refractivity contribution in [2.75, 3.05) is 19.8 Å². The fourth-order valence-electron chi connectivity index (χ4n) is 3.15. The summed E-state index contributed by atoms with van der Waals surface area (Å²) < 4.78 is 43.4. The predicted molar refractivity (Wildman–Crippen MR) is 107 cm³/mol. The number of halogens is 3. The lowest BCUT2D eigenvalue weighted by molar-refractivity contribution is -0.192. The van der Waals surface area contributed by atoms with Gasteiger partial charge < -0.3 is 19.9 Å². The second kappa shape index (κ2) is 10.6. The first-order valence-electron chi connectivity index (χ1n) is 10.1. The van der Waals surface area contributed by atoms with Gasteiger partial charge in [-0.1, -0.05) is 30.3 Å². The van der Waals surface area contributed by atoms with E-state index in [1.165, 1.54) is 24.0 Å². The van der Waals surface area contributed by atoms with Crippen molar-refractivity contribution in [1.29, 1.82) is 0 Å². The van der Waals surface area contributed by atoms with E-state index in [2.05, 4.69) is 40.6 Å². The number of benzene rings is 1. The summed E-state index contributed by atoms with van der Waals surface area (Å²) in [5.74, 6) is -0.692. The minimum Gasteiger partial charge on any atom is -0.490 e. The lowest BCUT2D eigenvalue weighted by Crippen LogP contribution is -2.46. The number of pyridine rings is 1. The van der Waals surface area contributed by atoms with E-state index in [4.69, 9.17) is 19.4 Å². The SMILES string of the molecule is O=C(O)C(F)(F)F.c1ccc(COC[C@H]2C[C@@H]2c2cncc(OC[C@@H]3CCN3)c2)cc1. The fraction of sp³-hybridized carbons (Fsp3) is 0.455. The van der Waals surface area contributed by atoms with Gasteiger partial charge in [-0.05, 0) is 48.4 Å². The van der Waals surface area contributed by atoms with Gasteiger partial charge in [0.2, 0.25) is 0 Å². The molecule has 31 heavy (non-hydrogen) atoms. The predicted octanol–water partition coefficient (Wildman–Crippen LogP) is 3.78. The number of hydrogen-bond acceptors (Lipinski definition) is 5. The van der Waals surface area contributed by atoms with E-state index < -0.39 is 12.1 Å². The average molecular weight is 438 g/mol. The van der Waals surface area contributed by atoms with Crippen molar-refractivity contribution in [1.82, 2.24) is 10.3 Å². The lowest BCUT2D eigenvalue weighted by atomic mass is 10.1. The highest BCUT2D eigenvalue weighted by Crippen LogP contribution is 2.48. The summed E-state index contributed by atoms with van der Waals surface area (Å²) in [5, 5.41) is 10.5. The molecule has 1 aliphatic carbocycles. The van der Waals surface area contributed by atoms with Gasteiger partial charge in [0.15, 0.2) is 0 Å². The highest BCUT2D eigenvalue weighted by atomic mass is 19.4. The molecule has 2 fully saturated rings. The van der Waals surface area contributed by atoms with Crippen LogP contribution in [0.4, 0.5) is 13.2 Å². The molecule has 0 radical (unpaired) electrons. The van der Waals surface area contributed by atoms with E-state index in [9.17, 15) is 13.2 Å². The van der Waals surface area contributed by atoms with Gasteiger partial charge in [0.1, 0.15) is 12.4 Å². The molecule has 9 heteroatoms. The Hall–Kier alpha value is -2.65. The number of carboxylic acids is 1. The molecule has 168 valence electrons. The van der Waals surface area contributed by atoms with Crippen molar-refractivity contribution in [2.45, 2.75) is 37.6 Å². The van der Waals surface area contributed by atoms with Crippen LogP contribution in [0.5, 0.6) is 5.75 Å². The Balaban J connectivity index is 0.000000339. The van der Waals surface area contributed by atoms with Crippen LogP contribution in [0, 0.1) is 5.92 Å². The molecule has 1 aromatic carbocycles. The van der Waals surface area contributed by atoms with Gasteiger partial charge in [0.05, 0.1) is 19.4 Å². The second-order valence-electron chi connectivity index (χ2n) is 7.61. The molecule has 2 aliphatic rings. The Labute approximate surface area is 178 Å². The molecule has 1 aliphatic heterocycles. The van der Waals surface area contributed by atoms with Gasteiger partial charge in [-0.25, -0.2) is 4.79 Å². The number of aromatic nitrogens is 1. The monoisotopic (exact) mass is 438 g/mol. The van der Waals surface area contributed by atoms with Crippen LogP contribution >= 0.6 is 0 Å². The molecule has 0 amide bonds. The molecule has 4 rings (SSSR count). The third kappa shape index (κ3) is 7.52. The van der Waals surface area contributed by atoms with E-state index in [0.717, 1.165) is 25.5 Å². The van der Waals surface area contributed by atoms with Crippen molar-refractivity contribution >= 4 is 5.97 Å². The molecule has 6 nitrogen and oxygen atoms in total. The molecular formula is C22H25F3N2O4. The van der Waals surface area contributed by atoms with Crippen LogP contribution in [-0.4, -0.2) is 48.0 Å².